The largest absolute Gasteiger partial charge is 0.497 e. The summed E-state index contributed by atoms with van der Waals surface area (Å²) in [6.45, 7) is 2.39. The average Bonchev–Trinajstić information content (AvgIpc) is 2.46. The van der Waals surface area contributed by atoms with Gasteiger partial charge in [0, 0.05) is 24.6 Å². The zero-order chi connectivity index (χ0) is 14.5. The van der Waals surface area contributed by atoms with Gasteiger partial charge in [-0.05, 0) is 42.3 Å². The molecule has 0 radical (unpaired) electrons. The Labute approximate surface area is 117 Å². The van der Waals surface area contributed by atoms with Crippen LogP contribution in [0, 0.1) is 6.92 Å². The van der Waals surface area contributed by atoms with Crippen LogP contribution in [0.25, 0.3) is 0 Å². The van der Waals surface area contributed by atoms with Crippen LogP contribution in [0.1, 0.15) is 21.5 Å². The molecule has 20 heavy (non-hydrogen) atoms. The van der Waals surface area contributed by atoms with E-state index in [9.17, 15) is 4.79 Å². The SMILES string of the molecule is COc1ccc(N)c(C(=O)NCc2cnccc2C)c1. The number of carbonyl (C=O) groups is 1. The normalized spacial score (nSPS) is 10.1. The van der Waals surface area contributed by atoms with E-state index in [0.717, 1.165) is 11.1 Å². The van der Waals surface area contributed by atoms with Crippen LogP contribution in [0.4, 0.5) is 5.69 Å². The molecule has 0 saturated heterocycles. The third-order valence-electron chi connectivity index (χ3n) is 3.09. The number of amides is 1. The lowest BCUT2D eigenvalue weighted by Gasteiger charge is -2.10. The Morgan fingerprint density at radius 1 is 1.40 bits per heavy atom. The molecule has 2 aromatic rings. The number of nitrogens with two attached hydrogens (primary N) is 1. The Balaban J connectivity index is 2.11. The van der Waals surface area contributed by atoms with Crippen LogP contribution < -0.4 is 15.8 Å². The summed E-state index contributed by atoms with van der Waals surface area (Å²) >= 11 is 0. The van der Waals surface area contributed by atoms with Crippen LogP contribution in [0.3, 0.4) is 0 Å². The number of methoxy groups -OCH3 is 1. The number of hydrogen-bond donors (Lipinski definition) is 2. The number of rotatable bonds is 4. The van der Waals surface area contributed by atoms with Gasteiger partial charge in [-0.1, -0.05) is 0 Å². The van der Waals surface area contributed by atoms with Gasteiger partial charge in [-0.25, -0.2) is 0 Å². The van der Waals surface area contributed by atoms with Crippen LogP contribution in [0.15, 0.2) is 36.7 Å². The van der Waals surface area contributed by atoms with Crippen LogP contribution in [-0.4, -0.2) is 18.0 Å². The predicted octanol–water partition coefficient (Wildman–Crippen LogP) is 1.91. The maximum absolute atomic E-state index is 12.2. The van der Waals surface area contributed by atoms with E-state index in [1.165, 1.54) is 0 Å². The maximum atomic E-state index is 12.2. The molecule has 104 valence electrons. The standard InChI is InChI=1S/C15H17N3O2/c1-10-5-6-17-8-11(10)9-18-15(19)13-7-12(20-2)3-4-14(13)16/h3-8H,9,16H2,1-2H3,(H,18,19). The zero-order valence-electron chi connectivity index (χ0n) is 11.5. The molecular formula is C15H17N3O2. The van der Waals surface area contributed by atoms with Crippen molar-refractivity contribution in [2.24, 2.45) is 0 Å². The van der Waals surface area contributed by atoms with Crippen molar-refractivity contribution in [2.75, 3.05) is 12.8 Å². The molecule has 0 unspecified atom stereocenters. The van der Waals surface area contributed by atoms with Crippen molar-refractivity contribution in [3.63, 3.8) is 0 Å². The highest BCUT2D eigenvalue weighted by molar-refractivity contribution is 5.99. The Bertz CT molecular complexity index is 626. The number of ether oxygens (including phenoxy) is 1. The molecule has 0 saturated carbocycles. The van der Waals surface area contributed by atoms with Crippen LogP contribution in [-0.2, 0) is 6.54 Å². The van der Waals surface area contributed by atoms with Gasteiger partial charge in [0.05, 0.1) is 12.7 Å². The Kier molecular flexibility index (Phi) is 4.20. The van der Waals surface area contributed by atoms with Crippen molar-refractivity contribution >= 4 is 11.6 Å². The number of aromatic nitrogens is 1. The van der Waals surface area contributed by atoms with Crippen molar-refractivity contribution in [1.29, 1.82) is 0 Å². The summed E-state index contributed by atoms with van der Waals surface area (Å²) in [7, 11) is 1.55. The maximum Gasteiger partial charge on any atom is 0.253 e. The number of aryl methyl sites for hydroxylation is 1. The minimum atomic E-state index is -0.232. The average molecular weight is 271 g/mol. The van der Waals surface area contributed by atoms with Gasteiger partial charge in [0.1, 0.15) is 5.75 Å². The van der Waals surface area contributed by atoms with E-state index in [-0.39, 0.29) is 5.91 Å². The highest BCUT2D eigenvalue weighted by atomic mass is 16.5. The number of carbonyl (C=O) groups excluding carboxylic acids is 1. The van der Waals surface area contributed by atoms with E-state index in [0.29, 0.717) is 23.5 Å². The monoisotopic (exact) mass is 271 g/mol. The first-order valence-corrected chi connectivity index (χ1v) is 6.23. The van der Waals surface area contributed by atoms with Crippen molar-refractivity contribution in [3.05, 3.63) is 53.3 Å². The highest BCUT2D eigenvalue weighted by Crippen LogP contribution is 2.19. The summed E-state index contributed by atoms with van der Waals surface area (Å²) in [6.07, 6.45) is 3.46. The van der Waals surface area contributed by atoms with Crippen molar-refractivity contribution in [3.8, 4) is 5.75 Å². The molecule has 1 amide bonds. The van der Waals surface area contributed by atoms with Gasteiger partial charge in [0.2, 0.25) is 0 Å². The quantitative estimate of drug-likeness (QED) is 0.833. The molecule has 0 fully saturated rings. The molecule has 1 aromatic heterocycles. The first-order chi connectivity index (χ1) is 9.61. The number of benzene rings is 1. The number of nitrogens with zero attached hydrogens (tertiary/aromatic N) is 1. The molecule has 0 atom stereocenters. The lowest BCUT2D eigenvalue weighted by atomic mass is 10.1. The van der Waals surface area contributed by atoms with Crippen molar-refractivity contribution in [2.45, 2.75) is 13.5 Å². The van der Waals surface area contributed by atoms with Crippen molar-refractivity contribution in [1.82, 2.24) is 10.3 Å². The molecule has 5 nitrogen and oxygen atoms in total. The minimum absolute atomic E-state index is 0.232. The van der Waals surface area contributed by atoms with Gasteiger partial charge >= 0.3 is 0 Å². The molecule has 1 aromatic carbocycles. The lowest BCUT2D eigenvalue weighted by molar-refractivity contribution is 0.0951. The predicted molar refractivity (Wildman–Crippen MR) is 77.6 cm³/mol. The van der Waals surface area contributed by atoms with E-state index in [2.05, 4.69) is 10.3 Å². The molecule has 0 spiro atoms. The van der Waals surface area contributed by atoms with E-state index in [1.54, 1.807) is 37.7 Å². The fraction of sp³-hybridized carbons (Fsp3) is 0.200. The van der Waals surface area contributed by atoms with E-state index < -0.39 is 0 Å². The number of hydrogen-bond acceptors (Lipinski definition) is 4. The number of pyridine rings is 1. The van der Waals surface area contributed by atoms with Gasteiger partial charge in [0.25, 0.3) is 5.91 Å². The molecule has 1 heterocycles. The molecule has 0 aliphatic heterocycles. The topological polar surface area (TPSA) is 77.2 Å². The fourth-order valence-corrected chi connectivity index (χ4v) is 1.81. The molecule has 2 rings (SSSR count). The third kappa shape index (κ3) is 3.06. The summed E-state index contributed by atoms with van der Waals surface area (Å²) in [6, 6.07) is 6.91. The van der Waals surface area contributed by atoms with Gasteiger partial charge in [0.15, 0.2) is 0 Å². The molecule has 0 aliphatic rings. The summed E-state index contributed by atoms with van der Waals surface area (Å²) in [4.78, 5) is 16.2. The molecule has 0 aliphatic carbocycles. The summed E-state index contributed by atoms with van der Waals surface area (Å²) < 4.78 is 5.10. The van der Waals surface area contributed by atoms with Crippen LogP contribution in [0.2, 0.25) is 0 Å². The van der Waals surface area contributed by atoms with Crippen LogP contribution in [0.5, 0.6) is 5.75 Å². The third-order valence-corrected chi connectivity index (χ3v) is 3.09. The number of anilines is 1. The fourth-order valence-electron chi connectivity index (χ4n) is 1.81. The highest BCUT2D eigenvalue weighted by Gasteiger charge is 2.11. The zero-order valence-corrected chi connectivity index (χ0v) is 11.5. The van der Waals surface area contributed by atoms with E-state index in [4.69, 9.17) is 10.5 Å². The number of nitrogens with one attached hydrogen (secondary N) is 1. The van der Waals surface area contributed by atoms with E-state index >= 15 is 0 Å². The summed E-state index contributed by atoms with van der Waals surface area (Å²) in [5.74, 6) is 0.367. The second kappa shape index (κ2) is 6.06. The Morgan fingerprint density at radius 2 is 2.20 bits per heavy atom. The van der Waals surface area contributed by atoms with Gasteiger partial charge < -0.3 is 15.8 Å². The second-order valence-electron chi connectivity index (χ2n) is 4.44. The van der Waals surface area contributed by atoms with E-state index in [1.807, 2.05) is 13.0 Å². The summed E-state index contributed by atoms with van der Waals surface area (Å²) in [5.41, 5.74) is 8.70. The molecule has 5 heteroatoms. The minimum Gasteiger partial charge on any atom is -0.497 e. The first-order valence-electron chi connectivity index (χ1n) is 6.23. The lowest BCUT2D eigenvalue weighted by Crippen LogP contribution is -2.24. The Morgan fingerprint density at radius 3 is 2.90 bits per heavy atom. The molecule has 0 bridgehead atoms. The first kappa shape index (κ1) is 13.9. The molecule has 3 N–H and O–H groups in total. The Hall–Kier alpha value is -2.56. The van der Waals surface area contributed by atoms with Gasteiger partial charge in [-0.3, -0.25) is 9.78 Å². The second-order valence-corrected chi connectivity index (χ2v) is 4.44. The summed E-state index contributed by atoms with van der Waals surface area (Å²) in [5, 5.41) is 2.83. The van der Waals surface area contributed by atoms with Crippen molar-refractivity contribution < 1.29 is 9.53 Å². The number of nitrogen functional groups attached to an aromatic ring is 1. The van der Waals surface area contributed by atoms with Gasteiger partial charge in [-0.2, -0.15) is 0 Å². The molecular weight excluding hydrogens is 254 g/mol. The smallest absolute Gasteiger partial charge is 0.253 e. The van der Waals surface area contributed by atoms with Gasteiger partial charge in [-0.15, -0.1) is 0 Å². The van der Waals surface area contributed by atoms with Crippen LogP contribution >= 0.6 is 0 Å².